The van der Waals surface area contributed by atoms with Crippen LogP contribution in [0.15, 0.2) is 0 Å². The number of likely N-dealkylation sites (tertiary alicyclic amines) is 1. The van der Waals surface area contributed by atoms with E-state index in [1.54, 1.807) is 4.90 Å². The average molecular weight is 282 g/mol. The Morgan fingerprint density at radius 1 is 1.35 bits per heavy atom. The Balaban J connectivity index is 2.20. The van der Waals surface area contributed by atoms with Crippen LogP contribution in [0.1, 0.15) is 52.4 Å². The van der Waals surface area contributed by atoms with E-state index in [0.717, 1.165) is 32.1 Å². The van der Waals surface area contributed by atoms with E-state index in [-0.39, 0.29) is 17.9 Å². The van der Waals surface area contributed by atoms with Crippen molar-refractivity contribution in [3.8, 4) is 0 Å². The lowest BCUT2D eigenvalue weighted by atomic mass is 9.84. The molecule has 1 aliphatic heterocycles. The van der Waals surface area contributed by atoms with E-state index in [2.05, 4.69) is 0 Å². The van der Waals surface area contributed by atoms with Crippen LogP contribution < -0.4 is 5.73 Å². The Morgan fingerprint density at radius 3 is 2.60 bits per heavy atom. The molecule has 2 aliphatic rings. The van der Waals surface area contributed by atoms with Crippen LogP contribution in [-0.2, 0) is 9.59 Å². The van der Waals surface area contributed by atoms with Crippen LogP contribution in [0, 0.1) is 11.8 Å². The number of carboxylic acids is 1. The molecule has 0 bridgehead atoms. The average Bonchev–Trinajstić information content (AvgIpc) is 2.84. The second kappa shape index (κ2) is 6.12. The van der Waals surface area contributed by atoms with Gasteiger partial charge in [-0.2, -0.15) is 0 Å². The minimum atomic E-state index is -0.885. The van der Waals surface area contributed by atoms with Gasteiger partial charge in [-0.15, -0.1) is 0 Å². The summed E-state index contributed by atoms with van der Waals surface area (Å²) in [6.07, 6.45) is 5.61. The summed E-state index contributed by atoms with van der Waals surface area (Å²) >= 11 is 0. The van der Waals surface area contributed by atoms with Crippen LogP contribution in [0.2, 0.25) is 0 Å². The lowest BCUT2D eigenvalue weighted by Gasteiger charge is -2.35. The van der Waals surface area contributed by atoms with Crippen molar-refractivity contribution in [2.45, 2.75) is 70.5 Å². The predicted molar refractivity (Wildman–Crippen MR) is 76.1 cm³/mol. The molecule has 20 heavy (non-hydrogen) atoms. The van der Waals surface area contributed by atoms with E-state index in [0.29, 0.717) is 12.3 Å². The Morgan fingerprint density at radius 2 is 2.00 bits per heavy atom. The summed E-state index contributed by atoms with van der Waals surface area (Å²) in [5, 5.41) is 9.42. The zero-order chi connectivity index (χ0) is 14.9. The highest BCUT2D eigenvalue weighted by Crippen LogP contribution is 2.40. The van der Waals surface area contributed by atoms with Crippen LogP contribution in [0.4, 0.5) is 0 Å². The lowest BCUT2D eigenvalue weighted by molar-refractivity contribution is -0.151. The molecule has 1 amide bonds. The molecule has 5 atom stereocenters. The minimum Gasteiger partial charge on any atom is -0.480 e. The molecule has 3 N–H and O–H groups in total. The number of nitrogens with zero attached hydrogens (tertiary/aromatic N) is 1. The zero-order valence-electron chi connectivity index (χ0n) is 12.4. The molecule has 114 valence electrons. The highest BCUT2D eigenvalue weighted by atomic mass is 16.4. The second-order valence-corrected chi connectivity index (χ2v) is 6.36. The van der Waals surface area contributed by atoms with Gasteiger partial charge in [0.05, 0.1) is 6.04 Å². The van der Waals surface area contributed by atoms with Crippen molar-refractivity contribution in [3.05, 3.63) is 0 Å². The molecule has 0 spiro atoms. The monoisotopic (exact) mass is 282 g/mol. The molecule has 1 heterocycles. The number of rotatable bonds is 4. The SMILES string of the molecule is CCC(C)[C@H](N)C(=O)N1C(C(=O)O)CC2CCCCC21. The van der Waals surface area contributed by atoms with E-state index in [1.165, 1.54) is 0 Å². The van der Waals surface area contributed by atoms with Gasteiger partial charge >= 0.3 is 5.97 Å². The third-order valence-corrected chi connectivity index (χ3v) is 5.17. The molecule has 0 aromatic heterocycles. The molecule has 2 rings (SSSR count). The number of hydrogen-bond acceptors (Lipinski definition) is 3. The molecule has 1 saturated heterocycles. The van der Waals surface area contributed by atoms with E-state index < -0.39 is 18.1 Å². The molecule has 0 radical (unpaired) electrons. The summed E-state index contributed by atoms with van der Waals surface area (Å²) in [6.45, 7) is 3.95. The van der Waals surface area contributed by atoms with Gasteiger partial charge in [0.15, 0.2) is 0 Å². The first-order chi connectivity index (χ1) is 9.47. The fraction of sp³-hybridized carbons (Fsp3) is 0.867. The number of aliphatic carboxylic acids is 1. The van der Waals surface area contributed by atoms with Gasteiger partial charge in [-0.25, -0.2) is 4.79 Å². The molecule has 4 unspecified atom stereocenters. The number of carbonyl (C=O) groups excluding carboxylic acids is 1. The van der Waals surface area contributed by atoms with E-state index >= 15 is 0 Å². The Kier molecular flexibility index (Phi) is 4.68. The molecular formula is C15H26N2O3. The van der Waals surface area contributed by atoms with Crippen LogP contribution in [0.5, 0.6) is 0 Å². The van der Waals surface area contributed by atoms with Gasteiger partial charge in [0.25, 0.3) is 0 Å². The first-order valence-corrected chi connectivity index (χ1v) is 7.77. The lowest BCUT2D eigenvalue weighted by Crippen LogP contribution is -2.54. The van der Waals surface area contributed by atoms with Crippen molar-refractivity contribution in [2.24, 2.45) is 17.6 Å². The first-order valence-electron chi connectivity index (χ1n) is 7.77. The fourth-order valence-corrected chi connectivity index (χ4v) is 3.67. The number of hydrogen-bond donors (Lipinski definition) is 2. The van der Waals surface area contributed by atoms with Gasteiger partial charge < -0.3 is 15.7 Å². The number of carboxylic acid groups (broad SMARTS) is 1. The molecule has 1 saturated carbocycles. The predicted octanol–water partition coefficient (Wildman–Crippen LogP) is 1.60. The van der Waals surface area contributed by atoms with Crippen molar-refractivity contribution in [3.63, 3.8) is 0 Å². The number of amides is 1. The third-order valence-electron chi connectivity index (χ3n) is 5.17. The normalized spacial score (nSPS) is 32.5. The van der Waals surface area contributed by atoms with Gasteiger partial charge in [-0.05, 0) is 31.1 Å². The largest absolute Gasteiger partial charge is 0.480 e. The first kappa shape index (κ1) is 15.3. The van der Waals surface area contributed by atoms with Crippen molar-refractivity contribution in [2.75, 3.05) is 0 Å². The highest BCUT2D eigenvalue weighted by molar-refractivity contribution is 5.88. The molecule has 0 aromatic carbocycles. The second-order valence-electron chi connectivity index (χ2n) is 6.36. The molecular weight excluding hydrogens is 256 g/mol. The molecule has 5 heteroatoms. The molecule has 2 fully saturated rings. The van der Waals surface area contributed by atoms with Gasteiger partial charge in [-0.1, -0.05) is 33.1 Å². The van der Waals surface area contributed by atoms with Crippen molar-refractivity contribution < 1.29 is 14.7 Å². The van der Waals surface area contributed by atoms with Gasteiger partial charge in [0.1, 0.15) is 6.04 Å². The van der Waals surface area contributed by atoms with E-state index in [1.807, 2.05) is 13.8 Å². The maximum Gasteiger partial charge on any atom is 0.326 e. The highest BCUT2D eigenvalue weighted by Gasteiger charge is 2.48. The van der Waals surface area contributed by atoms with Crippen LogP contribution in [0.3, 0.4) is 0 Å². The van der Waals surface area contributed by atoms with Crippen LogP contribution in [0.25, 0.3) is 0 Å². The summed E-state index contributed by atoms with van der Waals surface area (Å²) in [4.78, 5) is 25.8. The Bertz CT molecular complexity index is 385. The number of carbonyl (C=O) groups is 2. The summed E-state index contributed by atoms with van der Waals surface area (Å²) in [5.41, 5.74) is 6.05. The minimum absolute atomic E-state index is 0.0829. The van der Waals surface area contributed by atoms with Crippen molar-refractivity contribution >= 4 is 11.9 Å². The summed E-state index contributed by atoms with van der Waals surface area (Å²) in [5.74, 6) is -0.622. The standard InChI is InChI=1S/C15H26N2O3/c1-3-9(2)13(16)14(18)17-11-7-5-4-6-10(11)8-12(17)15(19)20/h9-13H,3-8,16H2,1-2H3,(H,19,20)/t9?,10?,11?,12?,13-/m0/s1. The molecule has 0 aromatic rings. The smallest absolute Gasteiger partial charge is 0.326 e. The van der Waals surface area contributed by atoms with Gasteiger partial charge in [-0.3, -0.25) is 4.79 Å². The quantitative estimate of drug-likeness (QED) is 0.820. The number of fused-ring (bicyclic) bond motifs is 1. The van der Waals surface area contributed by atoms with Crippen LogP contribution in [-0.4, -0.2) is 40.0 Å². The maximum atomic E-state index is 12.7. The Hall–Kier alpha value is -1.10. The van der Waals surface area contributed by atoms with E-state index in [9.17, 15) is 14.7 Å². The summed E-state index contributed by atoms with van der Waals surface area (Å²) < 4.78 is 0. The maximum absolute atomic E-state index is 12.7. The Labute approximate surface area is 120 Å². The van der Waals surface area contributed by atoms with E-state index in [4.69, 9.17) is 5.73 Å². The summed E-state index contributed by atoms with van der Waals surface area (Å²) in [6, 6.07) is -1.17. The van der Waals surface area contributed by atoms with Crippen molar-refractivity contribution in [1.29, 1.82) is 0 Å². The van der Waals surface area contributed by atoms with Gasteiger partial charge in [0.2, 0.25) is 5.91 Å². The topological polar surface area (TPSA) is 83.6 Å². The summed E-state index contributed by atoms with van der Waals surface area (Å²) in [7, 11) is 0. The zero-order valence-corrected chi connectivity index (χ0v) is 12.4. The molecule has 5 nitrogen and oxygen atoms in total. The van der Waals surface area contributed by atoms with Crippen molar-refractivity contribution in [1.82, 2.24) is 4.90 Å². The molecule has 1 aliphatic carbocycles. The van der Waals surface area contributed by atoms with Crippen LogP contribution >= 0.6 is 0 Å². The van der Waals surface area contributed by atoms with Gasteiger partial charge in [0, 0.05) is 6.04 Å². The number of nitrogens with two attached hydrogens (primary N) is 1. The fourth-order valence-electron chi connectivity index (χ4n) is 3.67. The third kappa shape index (κ3) is 2.68.